The van der Waals surface area contributed by atoms with Gasteiger partial charge in [-0.05, 0) is 26.2 Å². The number of unbranched alkanes of at least 4 members (excludes halogenated alkanes) is 9. The van der Waals surface area contributed by atoms with Crippen molar-refractivity contribution in [2.24, 2.45) is 0 Å². The predicted octanol–water partition coefficient (Wildman–Crippen LogP) is 6.51. The molecule has 2 unspecified atom stereocenters. The van der Waals surface area contributed by atoms with Crippen LogP contribution in [0, 0.1) is 0 Å². The van der Waals surface area contributed by atoms with Crippen molar-refractivity contribution in [3.05, 3.63) is 0 Å². The third-order valence-corrected chi connectivity index (χ3v) is 6.50. The minimum Gasteiger partial charge on any atom is -0.434 e. The van der Waals surface area contributed by atoms with E-state index in [2.05, 4.69) is 31.6 Å². The summed E-state index contributed by atoms with van der Waals surface area (Å²) in [7, 11) is 0. The molecule has 0 aromatic carbocycles. The van der Waals surface area contributed by atoms with Gasteiger partial charge in [0.2, 0.25) is 0 Å². The molecule has 1 fully saturated rings. The van der Waals surface area contributed by atoms with Crippen molar-refractivity contribution >= 4 is 30.6 Å². The van der Waals surface area contributed by atoms with Crippen LogP contribution in [0.4, 0.5) is 0 Å². The van der Waals surface area contributed by atoms with Gasteiger partial charge in [-0.3, -0.25) is 0 Å². The van der Waals surface area contributed by atoms with Crippen molar-refractivity contribution in [2.75, 3.05) is 6.61 Å². The van der Waals surface area contributed by atoms with Gasteiger partial charge in [-0.2, -0.15) is 11.8 Å². The molecule has 0 spiro atoms. The molecule has 0 aromatic heterocycles. The Morgan fingerprint density at radius 3 is 1.92 bits per heavy atom. The molecule has 0 aromatic rings. The summed E-state index contributed by atoms with van der Waals surface area (Å²) in [6.07, 6.45) is 18.9. The van der Waals surface area contributed by atoms with Crippen molar-refractivity contribution in [2.45, 2.75) is 114 Å². The molecular weight excluding hydrogens is 336 g/mol. The average molecular weight is 375 g/mol. The Labute approximate surface area is 160 Å². The fourth-order valence-corrected chi connectivity index (χ4v) is 4.62. The molecule has 0 saturated carbocycles. The molecule has 1 aliphatic rings. The summed E-state index contributed by atoms with van der Waals surface area (Å²) in [4.78, 5) is 0. The zero-order chi connectivity index (χ0) is 17.5. The van der Waals surface area contributed by atoms with E-state index in [4.69, 9.17) is 8.61 Å². The van der Waals surface area contributed by atoms with Gasteiger partial charge in [0.15, 0.2) is 6.61 Å². The molecule has 4 heteroatoms. The Kier molecular flexibility index (Phi) is 14.1. The Bertz CT molecular complexity index is 321. The Morgan fingerprint density at radius 2 is 1.38 bits per heavy atom. The highest BCUT2D eigenvalue weighted by Gasteiger charge is 2.36. The van der Waals surface area contributed by atoms with Crippen molar-refractivity contribution in [3.63, 3.8) is 0 Å². The van der Waals surface area contributed by atoms with Gasteiger partial charge in [0.1, 0.15) is 6.42 Å². The van der Waals surface area contributed by atoms with Gasteiger partial charge in [0.25, 0.3) is 0 Å². The molecule has 0 aliphatic carbocycles. The summed E-state index contributed by atoms with van der Waals surface area (Å²) >= 11 is 6.83. The quantitative estimate of drug-likeness (QED) is 0.101. The van der Waals surface area contributed by atoms with Crippen LogP contribution in [0.2, 0.25) is 0 Å². The molecule has 142 valence electrons. The van der Waals surface area contributed by atoms with Crippen LogP contribution < -0.4 is 0 Å². The molecular formula is C20H38O2S2. The maximum Gasteiger partial charge on any atom is 0.468 e. The zero-order valence-electron chi connectivity index (χ0n) is 15.9. The van der Waals surface area contributed by atoms with Gasteiger partial charge >= 0.3 is 5.97 Å². The molecule has 2 atom stereocenters. The first-order valence-electron chi connectivity index (χ1n) is 10.3. The van der Waals surface area contributed by atoms with Crippen LogP contribution in [0.1, 0.15) is 104 Å². The van der Waals surface area contributed by atoms with E-state index in [0.717, 1.165) is 23.3 Å². The maximum atomic E-state index is 5.32. The third kappa shape index (κ3) is 11.6. The lowest BCUT2D eigenvalue weighted by Crippen LogP contribution is -2.06. The molecule has 0 radical (unpaired) electrons. The average Bonchev–Trinajstić information content (AvgIpc) is 3.34. The molecule has 0 N–H and O–H groups in total. The van der Waals surface area contributed by atoms with E-state index in [1.165, 1.54) is 77.0 Å². The van der Waals surface area contributed by atoms with E-state index in [-0.39, 0.29) is 0 Å². The summed E-state index contributed by atoms with van der Waals surface area (Å²) in [5.74, 6) is 0.624. The van der Waals surface area contributed by atoms with Crippen LogP contribution in [-0.2, 0) is 21.5 Å². The fourth-order valence-electron chi connectivity index (χ4n) is 3.26. The number of thioether (sulfide) groups is 1. The molecule has 1 saturated heterocycles. The van der Waals surface area contributed by atoms with Crippen molar-refractivity contribution in [1.29, 1.82) is 0 Å². The Hall–Kier alpha value is 0.0400. The number of rotatable bonds is 16. The predicted molar refractivity (Wildman–Crippen MR) is 109 cm³/mol. The molecule has 1 heterocycles. The monoisotopic (exact) mass is 374 g/mol. The summed E-state index contributed by atoms with van der Waals surface area (Å²) in [5.41, 5.74) is 0. The first-order valence-corrected chi connectivity index (χ1v) is 11.5. The molecule has 1 rings (SSSR count). The Morgan fingerprint density at radius 1 is 0.833 bits per heavy atom. The standard InChI is InChI=1S/C20H38O2S2/c1-3-5-6-7-9-12-15-18-19(24-18)16-13-10-8-11-14-17-20(22-23)21-4-2/h18-19H,3-17H2,1-2H3. The lowest BCUT2D eigenvalue weighted by molar-refractivity contribution is -0.262. The van der Waals surface area contributed by atoms with Gasteiger partial charge in [0.05, 0.1) is 0 Å². The lowest BCUT2D eigenvalue weighted by Gasteiger charge is -2.02. The van der Waals surface area contributed by atoms with Crippen LogP contribution in [0.5, 0.6) is 0 Å². The van der Waals surface area contributed by atoms with Crippen LogP contribution >= 0.6 is 11.8 Å². The summed E-state index contributed by atoms with van der Waals surface area (Å²) < 4.78 is 10.1. The normalized spacial score (nSPS) is 20.3. The minimum absolute atomic E-state index is 0.624. The topological polar surface area (TPSA) is 20.5 Å². The third-order valence-electron chi connectivity index (χ3n) is 4.80. The zero-order valence-corrected chi connectivity index (χ0v) is 17.5. The minimum atomic E-state index is 0.624. The number of hydrogen-bond acceptors (Lipinski definition) is 3. The van der Waals surface area contributed by atoms with Crippen molar-refractivity contribution < 1.29 is 8.61 Å². The summed E-state index contributed by atoms with van der Waals surface area (Å²) in [6, 6.07) is 0. The van der Waals surface area contributed by atoms with Gasteiger partial charge in [-0.1, -0.05) is 71.1 Å². The molecule has 1 aliphatic heterocycles. The van der Waals surface area contributed by atoms with E-state index in [9.17, 15) is 0 Å². The fraction of sp³-hybridized carbons (Fsp3) is 0.950. The SMILES string of the molecule is CCCCCCCCC1SC1CCCCCCCC(OCC)=[O+][S-]. The van der Waals surface area contributed by atoms with E-state index >= 15 is 0 Å². The maximum absolute atomic E-state index is 5.32. The first kappa shape index (κ1) is 22.1. The highest BCUT2D eigenvalue weighted by molar-refractivity contribution is 8.07. The largest absolute Gasteiger partial charge is 0.468 e. The molecule has 24 heavy (non-hydrogen) atoms. The highest BCUT2D eigenvalue weighted by Crippen LogP contribution is 2.47. The Balaban J connectivity index is 1.81. The first-order chi connectivity index (χ1) is 11.8. The molecule has 0 bridgehead atoms. The van der Waals surface area contributed by atoms with Crippen LogP contribution in [-0.4, -0.2) is 23.1 Å². The van der Waals surface area contributed by atoms with Gasteiger partial charge < -0.3 is 21.5 Å². The smallest absolute Gasteiger partial charge is 0.434 e. The van der Waals surface area contributed by atoms with Crippen LogP contribution in [0.15, 0.2) is 0 Å². The number of ether oxygens (including phenoxy) is 1. The lowest BCUT2D eigenvalue weighted by atomic mass is 10.0. The molecule has 0 amide bonds. The van der Waals surface area contributed by atoms with Crippen molar-refractivity contribution in [3.8, 4) is 0 Å². The van der Waals surface area contributed by atoms with Gasteiger partial charge in [-0.25, -0.2) is 0 Å². The van der Waals surface area contributed by atoms with E-state index in [0.29, 0.717) is 12.6 Å². The van der Waals surface area contributed by atoms with E-state index in [1.54, 1.807) is 0 Å². The van der Waals surface area contributed by atoms with Crippen molar-refractivity contribution in [1.82, 2.24) is 0 Å². The van der Waals surface area contributed by atoms with Crippen LogP contribution in [0.25, 0.3) is 0 Å². The number of esters is 1. The number of hydrogen-bond donors (Lipinski definition) is 0. The van der Waals surface area contributed by atoms with Crippen LogP contribution in [0.3, 0.4) is 0 Å². The second kappa shape index (κ2) is 15.3. The summed E-state index contributed by atoms with van der Waals surface area (Å²) in [5, 5.41) is 2.00. The number of carbonyl (C=O) groups excluding carboxylic acids is 1. The van der Waals surface area contributed by atoms with Gasteiger partial charge in [-0.15, -0.1) is 0 Å². The second-order valence-electron chi connectivity index (χ2n) is 6.96. The summed E-state index contributed by atoms with van der Waals surface area (Å²) in [6.45, 7) is 4.90. The van der Waals surface area contributed by atoms with E-state index < -0.39 is 0 Å². The molecule has 2 nitrogen and oxygen atoms in total. The highest BCUT2D eigenvalue weighted by atomic mass is 32.2. The van der Waals surface area contributed by atoms with E-state index in [1.807, 2.05) is 6.92 Å². The second-order valence-corrected chi connectivity index (χ2v) is 8.61. The van der Waals surface area contributed by atoms with Gasteiger partial charge in [0, 0.05) is 10.5 Å².